The molecule has 1 aliphatic heterocycles. The molecule has 2 N–H and O–H groups in total. The fourth-order valence-electron chi connectivity index (χ4n) is 3.86. The van der Waals surface area contributed by atoms with Crippen molar-refractivity contribution in [3.8, 4) is 17.1 Å². The quantitative estimate of drug-likeness (QED) is 0.392. The lowest BCUT2D eigenvalue weighted by Crippen LogP contribution is -2.31. The van der Waals surface area contributed by atoms with Gasteiger partial charge in [0.25, 0.3) is 5.56 Å². The molecule has 1 aromatic carbocycles. The lowest BCUT2D eigenvalue weighted by molar-refractivity contribution is 0.297. The number of ether oxygens (including phenoxy) is 1. The van der Waals surface area contributed by atoms with E-state index in [0.717, 1.165) is 21.7 Å². The standard InChI is InChI=1S/C25H36N6O4S/c1-5-8-20-22-23(31(4)29-20)25(32)28-24(27-22)19-16-18(10-11-21(19)35-15-6-2)36(33,34)26-13-12-17-9-7-14-30(17)3/h10-11,16-17,26H,5-9,12-15H2,1-4H3,(H,27,28,32)/i1D3,3D3,8D2,12D2,13D2. The van der Waals surface area contributed by atoms with E-state index in [-0.39, 0.29) is 54.2 Å². The van der Waals surface area contributed by atoms with Crippen molar-refractivity contribution in [3.63, 3.8) is 0 Å². The van der Waals surface area contributed by atoms with Crippen molar-refractivity contribution in [1.82, 2.24) is 29.4 Å². The van der Waals surface area contributed by atoms with Crippen molar-refractivity contribution in [1.29, 1.82) is 0 Å². The molecule has 1 unspecified atom stereocenters. The first-order valence-corrected chi connectivity index (χ1v) is 12.9. The van der Waals surface area contributed by atoms with Crippen molar-refractivity contribution >= 4 is 21.1 Å². The summed E-state index contributed by atoms with van der Waals surface area (Å²) in [5.74, 6) is -0.265. The monoisotopic (exact) mass is 528 g/mol. The molecule has 3 aromatic rings. The van der Waals surface area contributed by atoms with Gasteiger partial charge in [-0.1, -0.05) is 20.2 Å². The second kappa shape index (κ2) is 11.1. The Morgan fingerprint density at radius 1 is 1.36 bits per heavy atom. The van der Waals surface area contributed by atoms with E-state index < -0.39 is 71.7 Å². The molecule has 1 saturated heterocycles. The van der Waals surface area contributed by atoms with E-state index in [1.54, 1.807) is 11.6 Å². The van der Waals surface area contributed by atoms with Crippen LogP contribution >= 0.6 is 0 Å². The molecule has 196 valence electrons. The summed E-state index contributed by atoms with van der Waals surface area (Å²) in [6.45, 7) is -6.81. The Kier molecular flexibility index (Phi) is 4.58. The molecule has 1 atom stereocenters. The molecule has 0 saturated carbocycles. The number of hydrogen-bond donors (Lipinski definition) is 2. The zero-order valence-corrected chi connectivity index (χ0v) is 20.7. The molecule has 11 heteroatoms. The van der Waals surface area contributed by atoms with Gasteiger partial charge in [0.15, 0.2) is 5.52 Å². The molecule has 1 fully saturated rings. The van der Waals surface area contributed by atoms with Gasteiger partial charge in [-0.05, 0) is 63.7 Å². The lowest BCUT2D eigenvalue weighted by atomic mass is 10.1. The third-order valence-electron chi connectivity index (χ3n) is 5.60. The maximum atomic E-state index is 13.6. The van der Waals surface area contributed by atoms with Crippen LogP contribution in [0.1, 0.15) is 68.0 Å². The molecule has 0 bridgehead atoms. The first-order valence-electron chi connectivity index (χ1n) is 17.4. The van der Waals surface area contributed by atoms with Crippen LogP contribution in [0.2, 0.25) is 0 Å². The van der Waals surface area contributed by atoms with Gasteiger partial charge in [0.2, 0.25) is 10.0 Å². The summed E-state index contributed by atoms with van der Waals surface area (Å²) >= 11 is 0. The third kappa shape index (κ3) is 5.47. The highest BCUT2D eigenvalue weighted by atomic mass is 32.2. The summed E-state index contributed by atoms with van der Waals surface area (Å²) in [4.78, 5) is 20.4. The number of rotatable bonds is 11. The Labute approximate surface area is 229 Å². The van der Waals surface area contributed by atoms with Crippen LogP contribution in [0.4, 0.5) is 0 Å². The highest BCUT2D eigenvalue weighted by Gasteiger charge is 2.23. The molecule has 2 aromatic heterocycles. The number of nitrogens with zero attached hydrogens (tertiary/aromatic N) is 4. The van der Waals surface area contributed by atoms with Crippen LogP contribution < -0.4 is 15.0 Å². The minimum Gasteiger partial charge on any atom is -0.493 e. The average Bonchev–Trinajstić information content (AvgIpc) is 3.56. The van der Waals surface area contributed by atoms with Crippen LogP contribution in [-0.2, 0) is 23.4 Å². The van der Waals surface area contributed by atoms with Gasteiger partial charge in [-0.3, -0.25) is 9.48 Å². The number of hydrogen-bond acceptors (Lipinski definition) is 7. The Bertz CT molecular complexity index is 1840. The maximum Gasteiger partial charge on any atom is 0.277 e. The van der Waals surface area contributed by atoms with Crippen LogP contribution in [0.25, 0.3) is 22.4 Å². The Balaban J connectivity index is 1.82. The molecule has 1 aliphatic rings. The molecule has 3 heterocycles. The summed E-state index contributed by atoms with van der Waals surface area (Å²) < 4.78 is 132. The van der Waals surface area contributed by atoms with Gasteiger partial charge in [-0.2, -0.15) is 5.10 Å². The largest absolute Gasteiger partial charge is 0.493 e. The zero-order chi connectivity index (χ0) is 36.3. The number of fused-ring (bicyclic) bond motifs is 1. The van der Waals surface area contributed by atoms with Gasteiger partial charge >= 0.3 is 0 Å². The van der Waals surface area contributed by atoms with Crippen LogP contribution in [0.5, 0.6) is 5.75 Å². The van der Waals surface area contributed by atoms with E-state index >= 15 is 0 Å². The number of H-pyrrole nitrogens is 1. The Morgan fingerprint density at radius 2 is 2.22 bits per heavy atom. The van der Waals surface area contributed by atoms with Gasteiger partial charge in [0.05, 0.1) is 22.8 Å². The van der Waals surface area contributed by atoms with Crippen molar-refractivity contribution in [2.24, 2.45) is 7.05 Å². The van der Waals surface area contributed by atoms with E-state index in [1.807, 2.05) is 0 Å². The van der Waals surface area contributed by atoms with Crippen molar-refractivity contribution in [3.05, 3.63) is 34.2 Å². The van der Waals surface area contributed by atoms with Crippen LogP contribution in [-0.4, -0.2) is 65.7 Å². The average molecular weight is 529 g/mol. The number of benzene rings is 1. The first-order chi connectivity index (χ1) is 21.8. The molecule has 0 spiro atoms. The summed E-state index contributed by atoms with van der Waals surface area (Å²) in [5, 5.41) is 4.04. The molecular weight excluding hydrogens is 480 g/mol. The number of nitrogens with one attached hydrogen (secondary N) is 2. The second-order valence-corrected chi connectivity index (χ2v) is 9.85. The lowest BCUT2D eigenvalue weighted by Gasteiger charge is -2.19. The van der Waals surface area contributed by atoms with Crippen LogP contribution in [0, 0.1) is 0 Å². The number of sulfonamides is 1. The van der Waals surface area contributed by atoms with Crippen molar-refractivity contribution < 1.29 is 29.6 Å². The molecule has 0 radical (unpaired) electrons. The van der Waals surface area contributed by atoms with Crippen molar-refractivity contribution in [2.75, 3.05) is 26.6 Å². The minimum atomic E-state index is -4.89. The Morgan fingerprint density at radius 3 is 3.00 bits per heavy atom. The normalized spacial score (nSPS) is 23.6. The summed E-state index contributed by atoms with van der Waals surface area (Å²) in [6.07, 6.45) is -5.74. The highest BCUT2D eigenvalue weighted by molar-refractivity contribution is 7.89. The van der Waals surface area contributed by atoms with Gasteiger partial charge < -0.3 is 14.6 Å². The zero-order valence-electron chi connectivity index (χ0n) is 31.9. The topological polar surface area (TPSA) is 122 Å². The van der Waals surface area contributed by atoms with Gasteiger partial charge in [0.1, 0.15) is 17.1 Å². The van der Waals surface area contributed by atoms with Crippen LogP contribution in [0.3, 0.4) is 0 Å². The van der Waals surface area contributed by atoms with Gasteiger partial charge in [-0.25, -0.2) is 18.1 Å². The summed E-state index contributed by atoms with van der Waals surface area (Å²) in [6, 6.07) is 1.82. The number of aromatic nitrogens is 4. The molecular formula is C25H36N6O4S. The van der Waals surface area contributed by atoms with Crippen molar-refractivity contribution in [2.45, 2.75) is 63.1 Å². The minimum absolute atomic E-state index is 0.0254. The fraction of sp³-hybridized carbons (Fsp3) is 0.560. The predicted octanol–water partition coefficient (Wildman–Crippen LogP) is 2.83. The van der Waals surface area contributed by atoms with E-state index in [4.69, 9.17) is 21.2 Å². The van der Waals surface area contributed by atoms with E-state index in [2.05, 4.69) is 15.1 Å². The van der Waals surface area contributed by atoms with E-state index in [9.17, 15) is 13.2 Å². The van der Waals surface area contributed by atoms with E-state index in [1.165, 1.54) is 13.1 Å². The van der Waals surface area contributed by atoms with Crippen LogP contribution in [0.15, 0.2) is 27.9 Å². The molecule has 36 heavy (non-hydrogen) atoms. The molecule has 0 amide bonds. The predicted molar refractivity (Wildman–Crippen MR) is 140 cm³/mol. The van der Waals surface area contributed by atoms with Gasteiger partial charge in [0, 0.05) is 36.0 Å². The number of aryl methyl sites for hydroxylation is 2. The summed E-state index contributed by atoms with van der Waals surface area (Å²) in [7, 11) is -3.54. The smallest absolute Gasteiger partial charge is 0.277 e. The Hall–Kier alpha value is -2.76. The molecule has 10 nitrogen and oxygen atoms in total. The number of likely N-dealkylation sites (tertiary alicyclic amines) is 1. The fourth-order valence-corrected chi connectivity index (χ4v) is 4.70. The maximum absolute atomic E-state index is 13.6. The van der Waals surface area contributed by atoms with Gasteiger partial charge in [-0.15, -0.1) is 0 Å². The highest BCUT2D eigenvalue weighted by Crippen LogP contribution is 2.31. The van der Waals surface area contributed by atoms with E-state index in [0.29, 0.717) is 6.42 Å². The first kappa shape index (κ1) is 14.8. The summed E-state index contributed by atoms with van der Waals surface area (Å²) in [5.41, 5.74) is -1.83. The third-order valence-corrected chi connectivity index (χ3v) is 6.85. The number of aromatic amines is 1. The second-order valence-electron chi connectivity index (χ2n) is 8.17. The molecule has 0 aliphatic carbocycles. The molecule has 4 rings (SSSR count). The SMILES string of the molecule is [2H]C([2H])([2H])CC([2H])([2H])c1nn(C)c2c(=O)[nH]c(-c3cc(S(=O)(=O)NC([2H])([2H])C([2H])([2H])C4CCCN4C([2H])([2H])[2H])ccc3OCCC)nc12.